The quantitative estimate of drug-likeness (QED) is 0.701. The van der Waals surface area contributed by atoms with Gasteiger partial charge >= 0.3 is 6.09 Å². The highest BCUT2D eigenvalue weighted by molar-refractivity contribution is 6.12. The van der Waals surface area contributed by atoms with Gasteiger partial charge in [-0.3, -0.25) is 4.79 Å². The van der Waals surface area contributed by atoms with Crippen molar-refractivity contribution >= 4 is 17.7 Å². The fourth-order valence-electron chi connectivity index (χ4n) is 4.13. The second kappa shape index (κ2) is 7.14. The number of rotatable bonds is 1. The van der Waals surface area contributed by atoms with Crippen molar-refractivity contribution in [2.75, 3.05) is 0 Å². The van der Waals surface area contributed by atoms with E-state index in [1.807, 2.05) is 49.4 Å². The Kier molecular flexibility index (Phi) is 4.77. The Morgan fingerprint density at radius 2 is 1.79 bits per heavy atom. The van der Waals surface area contributed by atoms with Crippen LogP contribution in [0.2, 0.25) is 0 Å². The number of imide groups is 1. The largest absolute Gasteiger partial charge is 0.442 e. The predicted octanol–water partition coefficient (Wildman–Crippen LogP) is 4.82. The molecule has 2 aromatic rings. The molecule has 4 rings (SSSR count). The zero-order valence-corrected chi connectivity index (χ0v) is 17.3. The summed E-state index contributed by atoms with van der Waals surface area (Å²) in [6.45, 7) is 7.36. The molecule has 0 N–H and O–H groups in total. The van der Waals surface area contributed by atoms with Gasteiger partial charge in [-0.1, -0.05) is 54.1 Å². The van der Waals surface area contributed by atoms with Crippen molar-refractivity contribution < 1.29 is 14.3 Å². The second-order valence-corrected chi connectivity index (χ2v) is 8.81. The summed E-state index contributed by atoms with van der Waals surface area (Å²) < 4.78 is 5.48. The zero-order chi connectivity index (χ0) is 20.8. The average Bonchev–Trinajstić information content (AvgIpc) is 2.67. The van der Waals surface area contributed by atoms with Gasteiger partial charge in [0.15, 0.2) is 0 Å². The molecule has 2 atom stereocenters. The van der Waals surface area contributed by atoms with Crippen LogP contribution in [0.15, 0.2) is 53.6 Å². The molecule has 0 unspecified atom stereocenters. The van der Waals surface area contributed by atoms with Crippen LogP contribution in [0.3, 0.4) is 0 Å². The minimum atomic E-state index is -0.728. The smallest absolute Gasteiger partial charge is 0.438 e. The van der Waals surface area contributed by atoms with Gasteiger partial charge in [-0.2, -0.15) is 5.10 Å². The van der Waals surface area contributed by atoms with Crippen LogP contribution in [0.25, 0.3) is 0 Å². The van der Waals surface area contributed by atoms with E-state index in [0.717, 1.165) is 40.3 Å². The van der Waals surface area contributed by atoms with Crippen LogP contribution < -0.4 is 0 Å². The first-order chi connectivity index (χ1) is 13.7. The minimum Gasteiger partial charge on any atom is -0.442 e. The molecule has 5 nitrogen and oxygen atoms in total. The van der Waals surface area contributed by atoms with Crippen LogP contribution in [0, 0.1) is 12.8 Å². The molecule has 0 radical (unpaired) electrons. The standard InChI is InChI=1S/C24H26N2O3/c1-15-9-11-17(12-10-15)20-19-14-13-16-7-5-6-8-18(16)21(19)25-26(22(20)27)23(28)29-24(2,3)4/h5-12,19-20H,13-14H2,1-4H3/t19-,20+/m1/s1. The molecule has 5 heteroatoms. The number of hydrazone groups is 1. The molecule has 1 aliphatic carbocycles. The number of fused-ring (bicyclic) bond motifs is 3. The topological polar surface area (TPSA) is 59.0 Å². The van der Waals surface area contributed by atoms with Crippen molar-refractivity contribution in [2.24, 2.45) is 11.0 Å². The van der Waals surface area contributed by atoms with Crippen LogP contribution >= 0.6 is 0 Å². The van der Waals surface area contributed by atoms with Crippen molar-refractivity contribution in [3.8, 4) is 0 Å². The zero-order valence-electron chi connectivity index (χ0n) is 17.3. The maximum atomic E-state index is 13.4. The summed E-state index contributed by atoms with van der Waals surface area (Å²) in [7, 11) is 0. The molecule has 1 heterocycles. The lowest BCUT2D eigenvalue weighted by molar-refractivity contribution is -0.133. The third kappa shape index (κ3) is 3.69. The molecule has 1 aliphatic heterocycles. The Labute approximate surface area is 171 Å². The highest BCUT2D eigenvalue weighted by Crippen LogP contribution is 2.40. The summed E-state index contributed by atoms with van der Waals surface area (Å²) in [4.78, 5) is 26.2. The number of nitrogens with zero attached hydrogens (tertiary/aromatic N) is 2. The van der Waals surface area contributed by atoms with E-state index < -0.39 is 17.6 Å². The van der Waals surface area contributed by atoms with E-state index in [4.69, 9.17) is 4.74 Å². The van der Waals surface area contributed by atoms with Crippen molar-refractivity contribution in [3.05, 3.63) is 70.8 Å². The average molecular weight is 390 g/mol. The van der Waals surface area contributed by atoms with Crippen LogP contribution in [-0.2, 0) is 16.0 Å². The maximum absolute atomic E-state index is 13.4. The van der Waals surface area contributed by atoms with Crippen LogP contribution in [0.5, 0.6) is 0 Å². The van der Waals surface area contributed by atoms with E-state index in [9.17, 15) is 9.59 Å². The SMILES string of the molecule is Cc1ccc([C@@H]2C(=O)N(C(=O)OC(C)(C)C)N=C3c4ccccc4CC[C@@H]32)cc1. The van der Waals surface area contributed by atoms with Crippen molar-refractivity contribution in [3.63, 3.8) is 0 Å². The Bertz CT molecular complexity index is 986. The Morgan fingerprint density at radius 3 is 2.48 bits per heavy atom. The van der Waals surface area contributed by atoms with E-state index in [0.29, 0.717) is 0 Å². The molecular formula is C24H26N2O3. The number of benzene rings is 2. The first-order valence-corrected chi connectivity index (χ1v) is 10.0. The molecule has 0 aromatic heterocycles. The molecule has 0 saturated carbocycles. The fourth-order valence-corrected chi connectivity index (χ4v) is 4.13. The summed E-state index contributed by atoms with van der Waals surface area (Å²) in [5.74, 6) is -0.834. The van der Waals surface area contributed by atoms with Crippen molar-refractivity contribution in [1.29, 1.82) is 0 Å². The molecule has 0 saturated heterocycles. The van der Waals surface area contributed by atoms with Gasteiger partial charge in [-0.15, -0.1) is 5.01 Å². The number of hydrogen-bond donors (Lipinski definition) is 0. The Balaban J connectivity index is 1.82. The lowest BCUT2D eigenvalue weighted by atomic mass is 9.72. The van der Waals surface area contributed by atoms with Gasteiger partial charge in [0, 0.05) is 11.5 Å². The highest BCUT2D eigenvalue weighted by Gasteiger charge is 2.45. The van der Waals surface area contributed by atoms with Gasteiger partial charge in [0.25, 0.3) is 5.91 Å². The number of carbonyl (C=O) groups excluding carboxylic acids is 2. The van der Waals surface area contributed by atoms with Crippen LogP contribution in [0.1, 0.15) is 55.4 Å². The predicted molar refractivity (Wildman–Crippen MR) is 112 cm³/mol. The van der Waals surface area contributed by atoms with Crippen molar-refractivity contribution in [2.45, 2.75) is 52.1 Å². The number of carbonyl (C=O) groups is 2. The molecule has 2 amide bonds. The van der Waals surface area contributed by atoms with E-state index in [-0.39, 0.29) is 11.8 Å². The van der Waals surface area contributed by atoms with Gasteiger partial charge in [-0.05, 0) is 51.7 Å². The summed E-state index contributed by atoms with van der Waals surface area (Å²) >= 11 is 0. The molecule has 29 heavy (non-hydrogen) atoms. The third-order valence-electron chi connectivity index (χ3n) is 5.46. The van der Waals surface area contributed by atoms with E-state index >= 15 is 0 Å². The maximum Gasteiger partial charge on any atom is 0.438 e. The monoisotopic (exact) mass is 390 g/mol. The van der Waals surface area contributed by atoms with Crippen LogP contribution in [-0.4, -0.2) is 28.3 Å². The van der Waals surface area contributed by atoms with E-state index in [2.05, 4.69) is 11.2 Å². The molecular weight excluding hydrogens is 364 g/mol. The molecule has 0 bridgehead atoms. The normalized spacial score (nSPS) is 21.2. The summed E-state index contributed by atoms with van der Waals surface area (Å²) in [6, 6.07) is 16.1. The van der Waals surface area contributed by atoms with E-state index in [1.54, 1.807) is 20.8 Å². The Morgan fingerprint density at radius 1 is 1.10 bits per heavy atom. The third-order valence-corrected chi connectivity index (χ3v) is 5.46. The number of ether oxygens (including phenoxy) is 1. The second-order valence-electron chi connectivity index (χ2n) is 8.81. The van der Waals surface area contributed by atoms with E-state index in [1.165, 1.54) is 5.56 Å². The summed E-state index contributed by atoms with van der Waals surface area (Å²) in [6.07, 6.45) is 0.984. The van der Waals surface area contributed by atoms with Gasteiger partial charge in [0.1, 0.15) is 5.60 Å². The molecule has 150 valence electrons. The molecule has 0 spiro atoms. The molecule has 0 fully saturated rings. The van der Waals surface area contributed by atoms with Gasteiger partial charge in [0.2, 0.25) is 0 Å². The van der Waals surface area contributed by atoms with Gasteiger partial charge in [0.05, 0.1) is 11.6 Å². The summed E-state index contributed by atoms with van der Waals surface area (Å²) in [5.41, 5.74) is 4.33. The lowest BCUT2D eigenvalue weighted by Crippen LogP contribution is -2.48. The number of amides is 2. The number of hydrogen-bond acceptors (Lipinski definition) is 4. The minimum absolute atomic E-state index is 0.0567. The lowest BCUT2D eigenvalue weighted by Gasteiger charge is -2.38. The molecule has 2 aliphatic rings. The first-order valence-electron chi connectivity index (χ1n) is 10.0. The Hall–Kier alpha value is -2.95. The highest BCUT2D eigenvalue weighted by atomic mass is 16.6. The van der Waals surface area contributed by atoms with Gasteiger partial charge in [-0.25, -0.2) is 4.79 Å². The first kappa shape index (κ1) is 19.4. The van der Waals surface area contributed by atoms with Crippen molar-refractivity contribution in [1.82, 2.24) is 5.01 Å². The fraction of sp³-hybridized carbons (Fsp3) is 0.375. The van der Waals surface area contributed by atoms with Gasteiger partial charge < -0.3 is 4.74 Å². The molecule has 2 aromatic carbocycles. The number of aryl methyl sites for hydroxylation is 2. The van der Waals surface area contributed by atoms with Crippen LogP contribution in [0.4, 0.5) is 4.79 Å². The summed E-state index contributed by atoms with van der Waals surface area (Å²) in [5, 5.41) is 5.46.